The molecule has 0 unspecified atom stereocenters. The molecule has 0 aromatic carbocycles. The van der Waals surface area contributed by atoms with Crippen LogP contribution in [-0.2, 0) is 19.1 Å². The molecular formula is C32H60O4. The van der Waals surface area contributed by atoms with Gasteiger partial charge in [0, 0.05) is 12.8 Å². The molecule has 1 atom stereocenters. The minimum absolute atomic E-state index is 0.161. The fraction of sp³-hybridized carbons (Fsp3) is 0.875. The zero-order valence-corrected chi connectivity index (χ0v) is 24.3. The van der Waals surface area contributed by atoms with Gasteiger partial charge in [-0.05, 0) is 45.4 Å². The summed E-state index contributed by atoms with van der Waals surface area (Å²) in [6.07, 6.45) is 31.0. The molecule has 0 saturated carbocycles. The first-order valence-electron chi connectivity index (χ1n) is 15.6. The highest BCUT2D eigenvalue weighted by Crippen LogP contribution is 2.13. The van der Waals surface area contributed by atoms with Gasteiger partial charge in [0.2, 0.25) is 0 Å². The lowest BCUT2D eigenvalue weighted by Gasteiger charge is -2.13. The molecule has 0 saturated heterocycles. The molecule has 0 heterocycles. The van der Waals surface area contributed by atoms with E-state index in [1.165, 1.54) is 109 Å². The Hall–Kier alpha value is -1.32. The average molecular weight is 509 g/mol. The Bertz CT molecular complexity index is 514. The van der Waals surface area contributed by atoms with Crippen molar-refractivity contribution in [3.63, 3.8) is 0 Å². The molecule has 4 nitrogen and oxygen atoms in total. The molecule has 36 heavy (non-hydrogen) atoms. The lowest BCUT2D eigenvalue weighted by atomic mass is 10.1. The topological polar surface area (TPSA) is 52.6 Å². The lowest BCUT2D eigenvalue weighted by Crippen LogP contribution is -2.22. The summed E-state index contributed by atoms with van der Waals surface area (Å²) in [4.78, 5) is 23.9. The smallest absolute Gasteiger partial charge is 0.306 e. The van der Waals surface area contributed by atoms with E-state index in [1.807, 2.05) is 0 Å². The number of allylic oxidation sites excluding steroid dienone is 2. The molecule has 0 aliphatic heterocycles. The molecule has 0 aromatic heterocycles. The fourth-order valence-electron chi connectivity index (χ4n) is 4.34. The van der Waals surface area contributed by atoms with Gasteiger partial charge in [-0.25, -0.2) is 0 Å². The fourth-order valence-corrected chi connectivity index (χ4v) is 4.34. The van der Waals surface area contributed by atoms with Crippen molar-refractivity contribution in [3.05, 3.63) is 12.2 Å². The van der Waals surface area contributed by atoms with Crippen LogP contribution >= 0.6 is 0 Å². The summed E-state index contributed by atoms with van der Waals surface area (Å²) in [6, 6.07) is 0. The third-order valence-corrected chi connectivity index (χ3v) is 6.69. The number of esters is 2. The molecule has 212 valence electrons. The summed E-state index contributed by atoms with van der Waals surface area (Å²) in [5.41, 5.74) is 0. The summed E-state index contributed by atoms with van der Waals surface area (Å²) in [7, 11) is 0. The predicted molar refractivity (Wildman–Crippen MR) is 153 cm³/mol. The van der Waals surface area contributed by atoms with Crippen LogP contribution in [0.1, 0.15) is 168 Å². The molecule has 0 aromatic rings. The second-order valence-electron chi connectivity index (χ2n) is 10.5. The van der Waals surface area contributed by atoms with Crippen LogP contribution < -0.4 is 0 Å². The quantitative estimate of drug-likeness (QED) is 0.0629. The van der Waals surface area contributed by atoms with Crippen molar-refractivity contribution in [3.8, 4) is 0 Å². The monoisotopic (exact) mass is 508 g/mol. The first kappa shape index (κ1) is 34.7. The van der Waals surface area contributed by atoms with Gasteiger partial charge in [-0.15, -0.1) is 0 Å². The average Bonchev–Trinajstić information content (AvgIpc) is 2.86. The molecule has 0 radical (unpaired) electrons. The minimum atomic E-state index is -0.372. The Morgan fingerprint density at radius 2 is 0.944 bits per heavy atom. The molecule has 4 heteroatoms. The standard InChI is InChI=1S/C32H60O4/c1-4-6-8-10-12-14-16-18-20-22-24-26-28-32(34)36-30(3)29-35-31(33)27-25-23-21-19-17-15-13-11-9-7-5-2/h12,14,30H,4-11,13,15-29H2,1-3H3/b14-12-/t30-/m1/s1. The zero-order chi connectivity index (χ0) is 26.5. The molecule has 0 amide bonds. The molecule has 0 spiro atoms. The van der Waals surface area contributed by atoms with Gasteiger partial charge in [0.15, 0.2) is 0 Å². The van der Waals surface area contributed by atoms with Crippen molar-refractivity contribution in [2.24, 2.45) is 0 Å². The van der Waals surface area contributed by atoms with Gasteiger partial charge in [0.1, 0.15) is 12.7 Å². The molecule has 0 N–H and O–H groups in total. The summed E-state index contributed by atoms with van der Waals surface area (Å²) in [5.74, 6) is -0.358. The van der Waals surface area contributed by atoms with Crippen molar-refractivity contribution >= 4 is 11.9 Å². The Kier molecular flexibility index (Phi) is 27.2. The van der Waals surface area contributed by atoms with Crippen molar-refractivity contribution in [2.75, 3.05) is 6.61 Å². The van der Waals surface area contributed by atoms with E-state index in [1.54, 1.807) is 6.92 Å². The molecule has 0 aliphatic carbocycles. The molecule has 0 fully saturated rings. The van der Waals surface area contributed by atoms with Gasteiger partial charge in [-0.1, -0.05) is 122 Å². The van der Waals surface area contributed by atoms with E-state index in [-0.39, 0.29) is 24.6 Å². The number of hydrogen-bond acceptors (Lipinski definition) is 4. The summed E-state index contributed by atoms with van der Waals surface area (Å²) in [5, 5.41) is 0. The van der Waals surface area contributed by atoms with E-state index in [4.69, 9.17) is 9.47 Å². The number of ether oxygens (including phenoxy) is 2. The Labute approximate surface area is 224 Å². The largest absolute Gasteiger partial charge is 0.462 e. The molecule has 0 rings (SSSR count). The van der Waals surface area contributed by atoms with Crippen LogP contribution in [0.2, 0.25) is 0 Å². The second kappa shape index (κ2) is 28.3. The first-order chi connectivity index (χ1) is 17.6. The third-order valence-electron chi connectivity index (χ3n) is 6.69. The zero-order valence-electron chi connectivity index (χ0n) is 24.3. The lowest BCUT2D eigenvalue weighted by molar-refractivity contribution is -0.158. The maximum Gasteiger partial charge on any atom is 0.306 e. The first-order valence-corrected chi connectivity index (χ1v) is 15.6. The van der Waals surface area contributed by atoms with Gasteiger partial charge in [0.25, 0.3) is 0 Å². The van der Waals surface area contributed by atoms with Crippen molar-refractivity contribution in [2.45, 2.75) is 175 Å². The predicted octanol–water partition coefficient (Wildman–Crippen LogP) is 10.0. The van der Waals surface area contributed by atoms with Crippen molar-refractivity contribution in [1.82, 2.24) is 0 Å². The van der Waals surface area contributed by atoms with Gasteiger partial charge in [-0.2, -0.15) is 0 Å². The Balaban J connectivity index is 3.46. The second-order valence-corrected chi connectivity index (χ2v) is 10.5. The number of unbranched alkanes of at least 4 members (excludes halogenated alkanes) is 18. The Morgan fingerprint density at radius 1 is 0.556 bits per heavy atom. The molecule has 0 aliphatic rings. The van der Waals surface area contributed by atoms with E-state index in [0.29, 0.717) is 12.8 Å². The molecular weight excluding hydrogens is 448 g/mol. The summed E-state index contributed by atoms with van der Waals surface area (Å²) in [6.45, 7) is 6.45. The molecule has 0 bridgehead atoms. The number of hydrogen-bond donors (Lipinski definition) is 0. The number of carbonyl (C=O) groups excluding carboxylic acids is 2. The number of carbonyl (C=O) groups is 2. The minimum Gasteiger partial charge on any atom is -0.462 e. The van der Waals surface area contributed by atoms with E-state index in [2.05, 4.69) is 26.0 Å². The van der Waals surface area contributed by atoms with Gasteiger partial charge < -0.3 is 9.47 Å². The van der Waals surface area contributed by atoms with E-state index in [9.17, 15) is 9.59 Å². The van der Waals surface area contributed by atoms with E-state index in [0.717, 1.165) is 25.7 Å². The van der Waals surface area contributed by atoms with Crippen LogP contribution in [0, 0.1) is 0 Å². The third kappa shape index (κ3) is 27.3. The highest BCUT2D eigenvalue weighted by Gasteiger charge is 2.12. The van der Waals surface area contributed by atoms with Crippen LogP contribution in [0.15, 0.2) is 12.2 Å². The Morgan fingerprint density at radius 3 is 1.47 bits per heavy atom. The maximum atomic E-state index is 12.0. The maximum absolute atomic E-state index is 12.0. The van der Waals surface area contributed by atoms with Crippen LogP contribution in [-0.4, -0.2) is 24.6 Å². The highest BCUT2D eigenvalue weighted by molar-refractivity contribution is 5.70. The number of rotatable bonds is 27. The summed E-state index contributed by atoms with van der Waals surface area (Å²) >= 11 is 0. The normalized spacial score (nSPS) is 12.2. The van der Waals surface area contributed by atoms with Gasteiger partial charge >= 0.3 is 11.9 Å². The van der Waals surface area contributed by atoms with Crippen LogP contribution in [0.5, 0.6) is 0 Å². The van der Waals surface area contributed by atoms with Crippen LogP contribution in [0.4, 0.5) is 0 Å². The van der Waals surface area contributed by atoms with Gasteiger partial charge in [-0.3, -0.25) is 9.59 Å². The van der Waals surface area contributed by atoms with Crippen LogP contribution in [0.3, 0.4) is 0 Å². The van der Waals surface area contributed by atoms with E-state index < -0.39 is 0 Å². The SMILES string of the molecule is CCCCC/C=C\CCCCCCCC(=O)O[C@H](C)COC(=O)CCCCCCCCCCCCC. The van der Waals surface area contributed by atoms with Gasteiger partial charge in [0.05, 0.1) is 0 Å². The van der Waals surface area contributed by atoms with Crippen LogP contribution in [0.25, 0.3) is 0 Å². The van der Waals surface area contributed by atoms with E-state index >= 15 is 0 Å². The summed E-state index contributed by atoms with van der Waals surface area (Å²) < 4.78 is 10.7. The highest BCUT2D eigenvalue weighted by atomic mass is 16.6. The van der Waals surface area contributed by atoms with Crippen molar-refractivity contribution in [1.29, 1.82) is 0 Å². The van der Waals surface area contributed by atoms with Crippen molar-refractivity contribution < 1.29 is 19.1 Å².